The molecule has 2 heterocycles. The van der Waals surface area contributed by atoms with Gasteiger partial charge in [0, 0.05) is 24.1 Å². The molecule has 0 aliphatic carbocycles. The zero-order chi connectivity index (χ0) is 13.3. The molecular formula is C15H19NO3. The van der Waals surface area contributed by atoms with E-state index in [-0.39, 0.29) is 17.9 Å². The summed E-state index contributed by atoms with van der Waals surface area (Å²) in [6.07, 6.45) is 3.13. The number of hydrogen-bond donors (Lipinski definition) is 2. The van der Waals surface area contributed by atoms with E-state index in [1.54, 1.807) is 0 Å². The van der Waals surface area contributed by atoms with Crippen molar-refractivity contribution in [3.63, 3.8) is 0 Å². The molecule has 0 saturated carbocycles. The third kappa shape index (κ3) is 2.26. The zero-order valence-electron chi connectivity index (χ0n) is 10.9. The van der Waals surface area contributed by atoms with Crippen LogP contribution in [0.2, 0.25) is 0 Å². The van der Waals surface area contributed by atoms with Gasteiger partial charge in [-0.3, -0.25) is 4.79 Å². The lowest BCUT2D eigenvalue weighted by Crippen LogP contribution is -2.47. The molecule has 0 bridgehead atoms. The first-order valence-corrected chi connectivity index (χ1v) is 6.85. The van der Waals surface area contributed by atoms with Crippen LogP contribution >= 0.6 is 0 Å². The van der Waals surface area contributed by atoms with Crippen LogP contribution in [0.5, 0.6) is 0 Å². The zero-order valence-corrected chi connectivity index (χ0v) is 10.9. The van der Waals surface area contributed by atoms with Crippen LogP contribution in [-0.4, -0.2) is 30.8 Å². The van der Waals surface area contributed by atoms with E-state index in [1.807, 2.05) is 6.07 Å². The molecule has 0 unspecified atom stereocenters. The fourth-order valence-corrected chi connectivity index (χ4v) is 2.93. The van der Waals surface area contributed by atoms with Crippen molar-refractivity contribution < 1.29 is 14.6 Å². The number of aliphatic hydroxyl groups is 1. The van der Waals surface area contributed by atoms with Gasteiger partial charge in [0.15, 0.2) is 0 Å². The van der Waals surface area contributed by atoms with E-state index in [4.69, 9.17) is 9.84 Å². The average Bonchev–Trinajstić information content (AvgIpc) is 2.37. The number of anilines is 1. The Labute approximate surface area is 112 Å². The highest BCUT2D eigenvalue weighted by atomic mass is 16.5. The summed E-state index contributed by atoms with van der Waals surface area (Å²) in [5.74, 6) is 0.0993. The standard InChI is InChI=1S/C15H19NO3/c17-7-1-6-15(9-19-10-15)12-3-4-13-11(8-12)2-5-14(18)16-13/h3-4,8,17H,1-2,5-7,9-10H2,(H,16,18). The topological polar surface area (TPSA) is 58.6 Å². The first-order valence-electron chi connectivity index (χ1n) is 6.85. The number of rotatable bonds is 4. The predicted molar refractivity (Wildman–Crippen MR) is 72.2 cm³/mol. The molecule has 1 saturated heterocycles. The van der Waals surface area contributed by atoms with Gasteiger partial charge in [-0.05, 0) is 36.5 Å². The maximum absolute atomic E-state index is 11.4. The molecule has 1 amide bonds. The van der Waals surface area contributed by atoms with Crippen LogP contribution in [0.15, 0.2) is 18.2 Å². The van der Waals surface area contributed by atoms with Gasteiger partial charge in [-0.2, -0.15) is 0 Å². The first-order chi connectivity index (χ1) is 9.23. The highest BCUT2D eigenvalue weighted by Gasteiger charge is 2.40. The van der Waals surface area contributed by atoms with Crippen molar-refractivity contribution in [3.8, 4) is 0 Å². The van der Waals surface area contributed by atoms with Gasteiger partial charge in [-0.15, -0.1) is 0 Å². The lowest BCUT2D eigenvalue weighted by atomic mass is 9.74. The van der Waals surface area contributed by atoms with Gasteiger partial charge < -0.3 is 15.2 Å². The minimum atomic E-state index is 0.0687. The molecule has 2 N–H and O–H groups in total. The van der Waals surface area contributed by atoms with Crippen molar-refractivity contribution in [3.05, 3.63) is 29.3 Å². The molecule has 4 nitrogen and oxygen atoms in total. The van der Waals surface area contributed by atoms with Crippen molar-refractivity contribution >= 4 is 11.6 Å². The minimum absolute atomic E-state index is 0.0687. The Morgan fingerprint density at radius 3 is 2.84 bits per heavy atom. The van der Waals surface area contributed by atoms with Crippen LogP contribution in [0.1, 0.15) is 30.4 Å². The van der Waals surface area contributed by atoms with Crippen LogP contribution < -0.4 is 5.32 Å². The molecule has 4 heteroatoms. The summed E-state index contributed by atoms with van der Waals surface area (Å²) in [6, 6.07) is 6.29. The van der Waals surface area contributed by atoms with Gasteiger partial charge in [0.25, 0.3) is 0 Å². The van der Waals surface area contributed by atoms with Gasteiger partial charge in [0.05, 0.1) is 13.2 Å². The number of nitrogens with one attached hydrogen (secondary N) is 1. The molecular weight excluding hydrogens is 242 g/mol. The Bertz CT molecular complexity index is 494. The van der Waals surface area contributed by atoms with Crippen LogP contribution in [0.3, 0.4) is 0 Å². The second-order valence-electron chi connectivity index (χ2n) is 5.52. The van der Waals surface area contributed by atoms with Crippen molar-refractivity contribution in [2.45, 2.75) is 31.1 Å². The van der Waals surface area contributed by atoms with Crippen LogP contribution in [-0.2, 0) is 21.4 Å². The molecule has 0 atom stereocenters. The van der Waals surface area contributed by atoms with Gasteiger partial charge in [0.2, 0.25) is 5.91 Å². The molecule has 1 fully saturated rings. The van der Waals surface area contributed by atoms with E-state index >= 15 is 0 Å². The van der Waals surface area contributed by atoms with Crippen LogP contribution in [0, 0.1) is 0 Å². The third-order valence-corrected chi connectivity index (χ3v) is 4.18. The molecule has 1 aromatic rings. The lowest BCUT2D eigenvalue weighted by molar-refractivity contribution is -0.116. The Morgan fingerprint density at radius 1 is 1.32 bits per heavy atom. The smallest absolute Gasteiger partial charge is 0.224 e. The van der Waals surface area contributed by atoms with E-state index in [9.17, 15) is 4.79 Å². The van der Waals surface area contributed by atoms with E-state index < -0.39 is 0 Å². The number of ether oxygens (including phenoxy) is 1. The van der Waals surface area contributed by atoms with Gasteiger partial charge in [0.1, 0.15) is 0 Å². The molecule has 0 spiro atoms. The molecule has 1 aromatic carbocycles. The Hall–Kier alpha value is -1.39. The summed E-state index contributed by atoms with van der Waals surface area (Å²) in [5, 5.41) is 11.9. The highest BCUT2D eigenvalue weighted by molar-refractivity contribution is 5.93. The van der Waals surface area contributed by atoms with E-state index in [0.717, 1.165) is 38.2 Å². The van der Waals surface area contributed by atoms with E-state index in [2.05, 4.69) is 17.4 Å². The number of fused-ring (bicyclic) bond motifs is 1. The summed E-state index contributed by atoms with van der Waals surface area (Å²) in [4.78, 5) is 11.4. The molecule has 0 aromatic heterocycles. The summed E-state index contributed by atoms with van der Waals surface area (Å²) < 4.78 is 5.40. The second-order valence-corrected chi connectivity index (χ2v) is 5.52. The quantitative estimate of drug-likeness (QED) is 0.865. The molecule has 3 rings (SSSR count). The number of benzene rings is 1. The normalized spacial score (nSPS) is 20.4. The second kappa shape index (κ2) is 4.94. The number of aryl methyl sites for hydroxylation is 1. The number of carbonyl (C=O) groups excluding carboxylic acids is 1. The molecule has 19 heavy (non-hydrogen) atoms. The maximum atomic E-state index is 11.4. The Kier molecular flexibility index (Phi) is 3.29. The molecule has 2 aliphatic heterocycles. The predicted octanol–water partition coefficient (Wildman–Crippen LogP) is 1.61. The maximum Gasteiger partial charge on any atom is 0.224 e. The number of carbonyl (C=O) groups is 1. The third-order valence-electron chi connectivity index (χ3n) is 4.18. The number of hydrogen-bond acceptors (Lipinski definition) is 3. The SMILES string of the molecule is O=C1CCc2cc(C3(CCCO)COC3)ccc2N1. The average molecular weight is 261 g/mol. The summed E-state index contributed by atoms with van der Waals surface area (Å²) >= 11 is 0. The van der Waals surface area contributed by atoms with Crippen LogP contribution in [0.4, 0.5) is 5.69 Å². The monoisotopic (exact) mass is 261 g/mol. The van der Waals surface area contributed by atoms with Gasteiger partial charge >= 0.3 is 0 Å². The fraction of sp³-hybridized carbons (Fsp3) is 0.533. The summed E-state index contributed by atoms with van der Waals surface area (Å²) in [6.45, 7) is 1.69. The van der Waals surface area contributed by atoms with E-state index in [0.29, 0.717) is 6.42 Å². The lowest BCUT2D eigenvalue weighted by Gasteiger charge is -2.42. The minimum Gasteiger partial charge on any atom is -0.396 e. The largest absolute Gasteiger partial charge is 0.396 e. The first kappa shape index (κ1) is 12.6. The molecule has 0 radical (unpaired) electrons. The van der Waals surface area contributed by atoms with Crippen molar-refractivity contribution in [1.82, 2.24) is 0 Å². The van der Waals surface area contributed by atoms with Crippen molar-refractivity contribution in [2.24, 2.45) is 0 Å². The van der Waals surface area contributed by atoms with Gasteiger partial charge in [-0.1, -0.05) is 12.1 Å². The van der Waals surface area contributed by atoms with Crippen LogP contribution in [0.25, 0.3) is 0 Å². The van der Waals surface area contributed by atoms with Gasteiger partial charge in [-0.25, -0.2) is 0 Å². The van der Waals surface area contributed by atoms with Crippen molar-refractivity contribution in [1.29, 1.82) is 0 Å². The summed E-state index contributed by atoms with van der Waals surface area (Å²) in [5.41, 5.74) is 3.51. The molecule has 102 valence electrons. The Morgan fingerprint density at radius 2 is 2.16 bits per heavy atom. The van der Waals surface area contributed by atoms with Crippen molar-refractivity contribution in [2.75, 3.05) is 25.1 Å². The highest BCUT2D eigenvalue weighted by Crippen LogP contribution is 2.38. The molecule has 2 aliphatic rings. The Balaban J connectivity index is 1.86. The van der Waals surface area contributed by atoms with E-state index in [1.165, 1.54) is 11.1 Å². The number of amides is 1. The number of aliphatic hydroxyl groups excluding tert-OH is 1. The fourth-order valence-electron chi connectivity index (χ4n) is 2.93. The summed E-state index contributed by atoms with van der Waals surface area (Å²) in [7, 11) is 0.